The van der Waals surface area contributed by atoms with Gasteiger partial charge in [-0.15, -0.1) is 0 Å². The molecule has 78 valence electrons. The maximum Gasteiger partial charge on any atom is 0.0110 e. The topological polar surface area (TPSA) is 15.3 Å². The largest absolute Gasteiger partial charge is 0.315 e. The summed E-state index contributed by atoms with van der Waals surface area (Å²) in [6.45, 7) is 7.25. The van der Waals surface area contributed by atoms with Gasteiger partial charge in [0, 0.05) is 19.1 Å². The molecule has 3 heteroatoms. The molecule has 1 saturated heterocycles. The third kappa shape index (κ3) is 4.34. The van der Waals surface area contributed by atoms with Gasteiger partial charge in [0.25, 0.3) is 0 Å². The van der Waals surface area contributed by atoms with E-state index < -0.39 is 0 Å². The molecule has 0 aliphatic carbocycles. The summed E-state index contributed by atoms with van der Waals surface area (Å²) >= 11 is 1.96. The Bertz CT molecular complexity index is 122. The lowest BCUT2D eigenvalue weighted by Gasteiger charge is -2.26. The summed E-state index contributed by atoms with van der Waals surface area (Å²) in [4.78, 5) is 2.62. The van der Waals surface area contributed by atoms with E-state index in [9.17, 15) is 0 Å². The molecule has 0 amide bonds. The first-order valence-corrected chi connectivity index (χ1v) is 6.67. The van der Waals surface area contributed by atoms with Gasteiger partial charge in [0.1, 0.15) is 0 Å². The average molecular weight is 202 g/mol. The number of rotatable bonds is 4. The van der Waals surface area contributed by atoms with Crippen LogP contribution in [-0.4, -0.2) is 49.1 Å². The van der Waals surface area contributed by atoms with Crippen molar-refractivity contribution in [2.75, 3.05) is 38.2 Å². The van der Waals surface area contributed by atoms with Gasteiger partial charge in [0.2, 0.25) is 0 Å². The van der Waals surface area contributed by atoms with E-state index in [1.807, 2.05) is 11.8 Å². The van der Waals surface area contributed by atoms with Gasteiger partial charge in [0.05, 0.1) is 0 Å². The van der Waals surface area contributed by atoms with Crippen LogP contribution in [-0.2, 0) is 0 Å². The van der Waals surface area contributed by atoms with E-state index in [4.69, 9.17) is 0 Å². The van der Waals surface area contributed by atoms with Crippen LogP contribution in [0.1, 0.15) is 19.8 Å². The summed E-state index contributed by atoms with van der Waals surface area (Å²) in [6, 6.07) is 0.771. The summed E-state index contributed by atoms with van der Waals surface area (Å²) in [6.07, 6.45) is 4.83. The van der Waals surface area contributed by atoms with Gasteiger partial charge in [0.15, 0.2) is 0 Å². The molecule has 1 aliphatic heterocycles. The lowest BCUT2D eigenvalue weighted by molar-refractivity contribution is 0.219. The predicted molar refractivity (Wildman–Crippen MR) is 61.5 cm³/mol. The van der Waals surface area contributed by atoms with Crippen LogP contribution in [0, 0.1) is 0 Å². The van der Waals surface area contributed by atoms with Crippen molar-refractivity contribution in [3.8, 4) is 0 Å². The van der Waals surface area contributed by atoms with E-state index in [1.54, 1.807) is 0 Å². The molecular formula is C10H22N2S. The molecule has 1 rings (SSSR count). The Labute approximate surface area is 86.5 Å². The third-order valence-corrected chi connectivity index (χ3v) is 3.38. The molecule has 0 aromatic heterocycles. The minimum absolute atomic E-state index is 0.771. The van der Waals surface area contributed by atoms with Crippen LogP contribution in [0.5, 0.6) is 0 Å². The van der Waals surface area contributed by atoms with Crippen LogP contribution in [0.4, 0.5) is 0 Å². The zero-order valence-corrected chi connectivity index (χ0v) is 9.70. The maximum atomic E-state index is 3.44. The third-order valence-electron chi connectivity index (χ3n) is 2.74. The highest BCUT2D eigenvalue weighted by Gasteiger charge is 2.14. The molecule has 13 heavy (non-hydrogen) atoms. The molecule has 1 fully saturated rings. The number of hydrogen-bond donors (Lipinski definition) is 1. The number of nitrogens with one attached hydrogen (secondary N) is 1. The fraction of sp³-hybridized carbons (Fsp3) is 1.00. The highest BCUT2D eigenvalue weighted by atomic mass is 32.2. The average Bonchev–Trinajstić information content (AvgIpc) is 2.42. The van der Waals surface area contributed by atoms with E-state index in [0.717, 1.165) is 6.04 Å². The molecule has 1 heterocycles. The molecule has 1 atom stereocenters. The molecule has 0 aromatic carbocycles. The SMILES string of the molecule is CSCCC(C)N1CCCNCC1. The molecule has 1 unspecified atom stereocenters. The van der Waals surface area contributed by atoms with Crippen molar-refractivity contribution < 1.29 is 0 Å². The van der Waals surface area contributed by atoms with Crippen LogP contribution in [0.15, 0.2) is 0 Å². The fourth-order valence-corrected chi connectivity index (χ4v) is 2.36. The van der Waals surface area contributed by atoms with Crippen molar-refractivity contribution >= 4 is 11.8 Å². The van der Waals surface area contributed by atoms with E-state index >= 15 is 0 Å². The van der Waals surface area contributed by atoms with Crippen LogP contribution < -0.4 is 5.32 Å². The monoisotopic (exact) mass is 202 g/mol. The Kier molecular flexibility index (Phi) is 5.83. The van der Waals surface area contributed by atoms with E-state index in [-0.39, 0.29) is 0 Å². The fourth-order valence-electron chi connectivity index (χ4n) is 1.78. The Hall–Kier alpha value is 0.270. The Morgan fingerprint density at radius 3 is 3.00 bits per heavy atom. The zero-order chi connectivity index (χ0) is 9.52. The molecule has 0 bridgehead atoms. The van der Waals surface area contributed by atoms with Crippen LogP contribution in [0.2, 0.25) is 0 Å². The number of thioether (sulfide) groups is 1. The molecule has 2 nitrogen and oxygen atoms in total. The van der Waals surface area contributed by atoms with Crippen LogP contribution >= 0.6 is 11.8 Å². The smallest absolute Gasteiger partial charge is 0.0110 e. The second-order valence-corrected chi connectivity index (χ2v) is 4.76. The van der Waals surface area contributed by atoms with Gasteiger partial charge in [-0.1, -0.05) is 0 Å². The van der Waals surface area contributed by atoms with Gasteiger partial charge in [-0.3, -0.25) is 4.90 Å². The summed E-state index contributed by atoms with van der Waals surface area (Å²) in [5.74, 6) is 1.30. The molecule has 1 aliphatic rings. The second kappa shape index (κ2) is 6.68. The van der Waals surface area contributed by atoms with E-state index in [2.05, 4.69) is 23.4 Å². The van der Waals surface area contributed by atoms with Gasteiger partial charge in [-0.25, -0.2) is 0 Å². The van der Waals surface area contributed by atoms with Gasteiger partial charge < -0.3 is 5.32 Å². The Morgan fingerprint density at radius 2 is 2.23 bits per heavy atom. The first-order chi connectivity index (χ1) is 6.34. The predicted octanol–water partition coefficient (Wildman–Crippen LogP) is 1.42. The minimum Gasteiger partial charge on any atom is -0.315 e. The van der Waals surface area contributed by atoms with Crippen LogP contribution in [0.25, 0.3) is 0 Å². The standard InChI is InChI=1S/C10H22N2S/c1-10(4-9-13-2)12-7-3-5-11-6-8-12/h10-11H,3-9H2,1-2H3. The molecule has 0 aromatic rings. The summed E-state index contributed by atoms with van der Waals surface area (Å²) in [7, 11) is 0. The van der Waals surface area contributed by atoms with Gasteiger partial charge in [-0.05, 0) is 44.9 Å². The molecule has 1 N–H and O–H groups in total. The zero-order valence-electron chi connectivity index (χ0n) is 8.88. The van der Waals surface area contributed by atoms with Crippen molar-refractivity contribution in [1.82, 2.24) is 10.2 Å². The number of nitrogens with zero attached hydrogens (tertiary/aromatic N) is 1. The molecule has 0 spiro atoms. The lowest BCUT2D eigenvalue weighted by Crippen LogP contribution is -2.36. The van der Waals surface area contributed by atoms with Gasteiger partial charge >= 0.3 is 0 Å². The van der Waals surface area contributed by atoms with Crippen molar-refractivity contribution in [2.45, 2.75) is 25.8 Å². The lowest BCUT2D eigenvalue weighted by atomic mass is 10.2. The van der Waals surface area contributed by atoms with Crippen molar-refractivity contribution in [2.24, 2.45) is 0 Å². The summed E-state index contributed by atoms with van der Waals surface area (Å²) < 4.78 is 0. The highest BCUT2D eigenvalue weighted by Crippen LogP contribution is 2.08. The summed E-state index contributed by atoms with van der Waals surface area (Å²) in [5, 5.41) is 3.44. The van der Waals surface area contributed by atoms with Crippen molar-refractivity contribution in [3.63, 3.8) is 0 Å². The van der Waals surface area contributed by atoms with E-state index in [0.29, 0.717) is 0 Å². The number of hydrogen-bond acceptors (Lipinski definition) is 3. The molecule has 0 radical (unpaired) electrons. The molecule has 0 saturated carbocycles. The van der Waals surface area contributed by atoms with Crippen molar-refractivity contribution in [3.05, 3.63) is 0 Å². The quantitative estimate of drug-likeness (QED) is 0.742. The summed E-state index contributed by atoms with van der Waals surface area (Å²) in [5.41, 5.74) is 0. The minimum atomic E-state index is 0.771. The first-order valence-electron chi connectivity index (χ1n) is 5.28. The van der Waals surface area contributed by atoms with Gasteiger partial charge in [-0.2, -0.15) is 11.8 Å². The normalized spacial score (nSPS) is 22.6. The second-order valence-electron chi connectivity index (χ2n) is 3.77. The Morgan fingerprint density at radius 1 is 1.38 bits per heavy atom. The van der Waals surface area contributed by atoms with Crippen LogP contribution in [0.3, 0.4) is 0 Å². The Balaban J connectivity index is 2.22. The highest BCUT2D eigenvalue weighted by molar-refractivity contribution is 7.98. The van der Waals surface area contributed by atoms with Crippen molar-refractivity contribution in [1.29, 1.82) is 0 Å². The maximum absolute atomic E-state index is 3.44. The molecular weight excluding hydrogens is 180 g/mol. The van der Waals surface area contributed by atoms with E-state index in [1.165, 1.54) is 44.8 Å². The first kappa shape index (κ1) is 11.3.